The van der Waals surface area contributed by atoms with E-state index < -0.39 is 0 Å². The molecule has 0 amide bonds. The molecule has 0 bridgehead atoms. The van der Waals surface area contributed by atoms with Gasteiger partial charge in [-0.15, -0.1) is 24.0 Å². The van der Waals surface area contributed by atoms with Crippen molar-refractivity contribution in [2.75, 3.05) is 39.8 Å². The van der Waals surface area contributed by atoms with Gasteiger partial charge < -0.3 is 15.4 Å². The van der Waals surface area contributed by atoms with E-state index in [1.165, 1.54) is 31.2 Å². The summed E-state index contributed by atoms with van der Waals surface area (Å²) >= 11 is 0. The van der Waals surface area contributed by atoms with E-state index in [2.05, 4.69) is 28.9 Å². The Morgan fingerprint density at radius 3 is 2.50 bits per heavy atom. The summed E-state index contributed by atoms with van der Waals surface area (Å²) in [5, 5.41) is 0. The first-order valence-corrected chi connectivity index (χ1v) is 9.60. The molecule has 2 atom stereocenters. The Balaban J connectivity index is 0.00000243. The standard InChI is InChI=1S/C20H32N4O.HI/c1-16-6-5-13-24(15-16)20(21)22-14-19(23-11-3-4-12-23)17-7-9-18(25-2)10-8-17;/h7-10,16,19H,3-6,11-15H2,1-2H3,(H2,21,22);1H. The monoisotopic (exact) mass is 472 g/mol. The van der Waals surface area contributed by atoms with Crippen molar-refractivity contribution < 1.29 is 4.74 Å². The van der Waals surface area contributed by atoms with Crippen LogP contribution in [0, 0.1) is 5.92 Å². The molecule has 0 aromatic heterocycles. The molecule has 2 N–H and O–H groups in total. The van der Waals surface area contributed by atoms with Crippen LogP contribution in [0.15, 0.2) is 29.3 Å². The van der Waals surface area contributed by atoms with Crippen LogP contribution in [0.25, 0.3) is 0 Å². The molecule has 2 unspecified atom stereocenters. The second-order valence-corrected chi connectivity index (χ2v) is 7.42. The first kappa shape index (κ1) is 21.3. The van der Waals surface area contributed by atoms with Crippen molar-refractivity contribution in [2.45, 2.75) is 38.6 Å². The molecule has 0 saturated carbocycles. The fourth-order valence-electron chi connectivity index (χ4n) is 3.99. The molecule has 0 aliphatic carbocycles. The molecule has 5 nitrogen and oxygen atoms in total. The first-order chi connectivity index (χ1) is 12.2. The second kappa shape index (κ2) is 10.3. The number of rotatable bonds is 5. The van der Waals surface area contributed by atoms with Crippen LogP contribution < -0.4 is 10.5 Å². The van der Waals surface area contributed by atoms with Gasteiger partial charge in [0.05, 0.1) is 19.7 Å². The lowest BCUT2D eigenvalue weighted by atomic mass is 10.0. The molecular formula is C20H33IN4O. The zero-order valence-electron chi connectivity index (χ0n) is 16.1. The van der Waals surface area contributed by atoms with Crippen LogP contribution >= 0.6 is 24.0 Å². The van der Waals surface area contributed by atoms with Crippen LogP contribution in [0.1, 0.15) is 44.2 Å². The molecule has 2 heterocycles. The Bertz CT molecular complexity index is 572. The number of methoxy groups -OCH3 is 1. The van der Waals surface area contributed by atoms with E-state index in [1.54, 1.807) is 7.11 Å². The number of nitrogens with zero attached hydrogens (tertiary/aromatic N) is 3. The van der Waals surface area contributed by atoms with Crippen LogP contribution in [0.3, 0.4) is 0 Å². The summed E-state index contributed by atoms with van der Waals surface area (Å²) in [7, 11) is 1.71. The summed E-state index contributed by atoms with van der Waals surface area (Å²) in [6, 6.07) is 8.71. The van der Waals surface area contributed by atoms with Gasteiger partial charge >= 0.3 is 0 Å². The van der Waals surface area contributed by atoms with Crippen molar-refractivity contribution in [3.63, 3.8) is 0 Å². The molecular weight excluding hydrogens is 439 g/mol. The van der Waals surface area contributed by atoms with Crippen LogP contribution in [-0.4, -0.2) is 55.6 Å². The Morgan fingerprint density at radius 1 is 1.19 bits per heavy atom. The van der Waals surface area contributed by atoms with E-state index in [-0.39, 0.29) is 24.0 Å². The molecule has 26 heavy (non-hydrogen) atoms. The summed E-state index contributed by atoms with van der Waals surface area (Å²) in [5.41, 5.74) is 7.62. The Labute approximate surface area is 175 Å². The third kappa shape index (κ3) is 5.49. The maximum absolute atomic E-state index is 6.32. The molecule has 0 radical (unpaired) electrons. The van der Waals surface area contributed by atoms with Gasteiger partial charge in [-0.1, -0.05) is 19.1 Å². The topological polar surface area (TPSA) is 54.1 Å². The smallest absolute Gasteiger partial charge is 0.191 e. The molecule has 2 aliphatic rings. The van der Waals surface area contributed by atoms with E-state index in [0.717, 1.165) is 38.5 Å². The maximum atomic E-state index is 6.32. The van der Waals surface area contributed by atoms with Crippen LogP contribution in [0.2, 0.25) is 0 Å². The van der Waals surface area contributed by atoms with Gasteiger partial charge in [-0.2, -0.15) is 0 Å². The normalized spacial score (nSPS) is 22.8. The molecule has 6 heteroatoms. The SMILES string of the molecule is COc1ccc(C(CN=C(N)N2CCCC(C)C2)N2CCCC2)cc1.I. The summed E-state index contributed by atoms with van der Waals surface area (Å²) in [5.74, 6) is 2.32. The fourth-order valence-corrected chi connectivity index (χ4v) is 3.99. The molecule has 2 aliphatic heterocycles. The third-order valence-corrected chi connectivity index (χ3v) is 5.49. The van der Waals surface area contributed by atoms with E-state index in [9.17, 15) is 0 Å². The van der Waals surface area contributed by atoms with E-state index in [1.807, 2.05) is 12.1 Å². The number of hydrogen-bond acceptors (Lipinski definition) is 3. The third-order valence-electron chi connectivity index (χ3n) is 5.49. The van der Waals surface area contributed by atoms with Gasteiger partial charge in [-0.3, -0.25) is 9.89 Å². The lowest BCUT2D eigenvalue weighted by Gasteiger charge is -2.32. The van der Waals surface area contributed by atoms with Crippen molar-refractivity contribution in [1.29, 1.82) is 0 Å². The molecule has 2 saturated heterocycles. The maximum Gasteiger partial charge on any atom is 0.191 e. The van der Waals surface area contributed by atoms with E-state index in [4.69, 9.17) is 15.5 Å². The minimum Gasteiger partial charge on any atom is -0.497 e. The van der Waals surface area contributed by atoms with Gasteiger partial charge in [0, 0.05) is 13.1 Å². The molecule has 0 spiro atoms. The summed E-state index contributed by atoms with van der Waals surface area (Å²) in [6.45, 7) is 7.38. The van der Waals surface area contributed by atoms with Crippen LogP contribution in [-0.2, 0) is 0 Å². The summed E-state index contributed by atoms with van der Waals surface area (Å²) < 4.78 is 5.29. The minimum atomic E-state index is 0. The number of aliphatic imine (C=N–C) groups is 1. The zero-order chi connectivity index (χ0) is 17.6. The number of nitrogens with two attached hydrogens (primary N) is 1. The lowest BCUT2D eigenvalue weighted by Crippen LogP contribution is -2.44. The second-order valence-electron chi connectivity index (χ2n) is 7.42. The highest BCUT2D eigenvalue weighted by Crippen LogP contribution is 2.27. The van der Waals surface area contributed by atoms with Crippen LogP contribution in [0.4, 0.5) is 0 Å². The average molecular weight is 472 g/mol. The number of guanidine groups is 1. The van der Waals surface area contributed by atoms with Gasteiger partial charge in [-0.05, 0) is 62.4 Å². The largest absolute Gasteiger partial charge is 0.497 e. The average Bonchev–Trinajstić information content (AvgIpc) is 3.16. The van der Waals surface area contributed by atoms with Crippen molar-refractivity contribution in [3.8, 4) is 5.75 Å². The first-order valence-electron chi connectivity index (χ1n) is 9.60. The number of halogens is 1. The Morgan fingerprint density at radius 2 is 1.88 bits per heavy atom. The van der Waals surface area contributed by atoms with Crippen LogP contribution in [0.5, 0.6) is 5.75 Å². The van der Waals surface area contributed by atoms with Gasteiger partial charge in [0.2, 0.25) is 0 Å². The zero-order valence-corrected chi connectivity index (χ0v) is 18.4. The molecule has 1 aromatic rings. The highest BCUT2D eigenvalue weighted by Gasteiger charge is 2.24. The van der Waals surface area contributed by atoms with Crippen molar-refractivity contribution in [1.82, 2.24) is 9.80 Å². The number of benzene rings is 1. The number of ether oxygens (including phenoxy) is 1. The summed E-state index contributed by atoms with van der Waals surface area (Å²) in [6.07, 6.45) is 5.06. The molecule has 1 aromatic carbocycles. The predicted octanol–water partition coefficient (Wildman–Crippen LogP) is 3.50. The molecule has 2 fully saturated rings. The Kier molecular flexibility index (Phi) is 8.47. The quantitative estimate of drug-likeness (QED) is 0.405. The highest BCUT2D eigenvalue weighted by atomic mass is 127. The van der Waals surface area contributed by atoms with Crippen molar-refractivity contribution in [2.24, 2.45) is 16.6 Å². The minimum absolute atomic E-state index is 0. The van der Waals surface area contributed by atoms with Gasteiger partial charge in [0.25, 0.3) is 0 Å². The highest BCUT2D eigenvalue weighted by molar-refractivity contribution is 14.0. The predicted molar refractivity (Wildman–Crippen MR) is 118 cm³/mol. The fraction of sp³-hybridized carbons (Fsp3) is 0.650. The number of piperidine rings is 1. The molecule has 3 rings (SSSR count). The van der Waals surface area contributed by atoms with Crippen molar-refractivity contribution >= 4 is 29.9 Å². The number of hydrogen-bond donors (Lipinski definition) is 1. The van der Waals surface area contributed by atoms with E-state index >= 15 is 0 Å². The lowest BCUT2D eigenvalue weighted by molar-refractivity contribution is 0.247. The molecule has 146 valence electrons. The number of likely N-dealkylation sites (tertiary alicyclic amines) is 2. The Hall–Kier alpha value is -1.02. The summed E-state index contributed by atoms with van der Waals surface area (Å²) in [4.78, 5) is 9.59. The van der Waals surface area contributed by atoms with Gasteiger partial charge in [0.15, 0.2) is 5.96 Å². The van der Waals surface area contributed by atoms with Gasteiger partial charge in [0.1, 0.15) is 5.75 Å². The van der Waals surface area contributed by atoms with E-state index in [0.29, 0.717) is 17.9 Å². The van der Waals surface area contributed by atoms with Gasteiger partial charge in [-0.25, -0.2) is 0 Å². The van der Waals surface area contributed by atoms with Crippen molar-refractivity contribution in [3.05, 3.63) is 29.8 Å².